The molecule has 0 aromatic rings. The minimum Gasteiger partial charge on any atom is -0.306 e. The van der Waals surface area contributed by atoms with E-state index in [9.17, 15) is 0 Å². The molecule has 2 aliphatic heterocycles. The van der Waals surface area contributed by atoms with Crippen LogP contribution < -0.4 is 0 Å². The van der Waals surface area contributed by atoms with Crippen LogP contribution in [0.2, 0.25) is 0 Å². The zero-order chi connectivity index (χ0) is 15.6. The van der Waals surface area contributed by atoms with E-state index < -0.39 is 0 Å². The van der Waals surface area contributed by atoms with E-state index in [1.54, 1.807) is 0 Å². The van der Waals surface area contributed by atoms with Gasteiger partial charge >= 0.3 is 0 Å². The second-order valence-corrected chi connectivity index (χ2v) is 8.97. The molecular weight excluding hydrogens is 268 g/mol. The van der Waals surface area contributed by atoms with Crippen molar-refractivity contribution in [2.75, 3.05) is 39.8 Å². The van der Waals surface area contributed by atoms with Crippen molar-refractivity contribution in [2.45, 2.75) is 71.6 Å². The van der Waals surface area contributed by atoms with Crippen LogP contribution in [0, 0.1) is 16.7 Å². The largest absolute Gasteiger partial charge is 0.306 e. The summed E-state index contributed by atoms with van der Waals surface area (Å²) in [4.78, 5) is 5.35. The molecule has 2 nitrogen and oxygen atoms in total. The van der Waals surface area contributed by atoms with Crippen molar-refractivity contribution in [3.05, 3.63) is 0 Å². The minimum atomic E-state index is 0.717. The Balaban J connectivity index is 1.46. The van der Waals surface area contributed by atoms with Gasteiger partial charge in [0.15, 0.2) is 0 Å². The number of likely N-dealkylation sites (tertiary alicyclic amines) is 2. The van der Waals surface area contributed by atoms with Crippen LogP contribution in [0.4, 0.5) is 0 Å². The number of rotatable bonds is 6. The fraction of sp³-hybridized carbons (Fsp3) is 1.00. The van der Waals surface area contributed by atoms with Gasteiger partial charge in [0.25, 0.3) is 0 Å². The van der Waals surface area contributed by atoms with Crippen molar-refractivity contribution in [1.82, 2.24) is 9.80 Å². The molecule has 0 atom stereocenters. The summed E-state index contributed by atoms with van der Waals surface area (Å²) in [6, 6.07) is 0. The molecule has 1 spiro atoms. The molecule has 22 heavy (non-hydrogen) atoms. The zero-order valence-corrected chi connectivity index (χ0v) is 15.4. The third kappa shape index (κ3) is 3.87. The molecule has 0 aromatic carbocycles. The van der Waals surface area contributed by atoms with Gasteiger partial charge in [-0.3, -0.25) is 0 Å². The maximum Gasteiger partial charge on any atom is 0.00381 e. The van der Waals surface area contributed by atoms with E-state index in [-0.39, 0.29) is 0 Å². The van der Waals surface area contributed by atoms with Crippen molar-refractivity contribution in [2.24, 2.45) is 16.7 Å². The molecule has 0 aromatic heterocycles. The average Bonchev–Trinajstić information content (AvgIpc) is 3.30. The smallest absolute Gasteiger partial charge is 0.00381 e. The van der Waals surface area contributed by atoms with Crippen LogP contribution >= 0.6 is 0 Å². The van der Waals surface area contributed by atoms with Gasteiger partial charge in [0.1, 0.15) is 0 Å². The topological polar surface area (TPSA) is 6.48 Å². The summed E-state index contributed by atoms with van der Waals surface area (Å²) in [6.07, 6.45) is 13.2. The van der Waals surface area contributed by atoms with E-state index in [0.29, 0.717) is 0 Å². The number of piperidine rings is 2. The molecule has 1 saturated carbocycles. The SMILES string of the molecule is CCC(CC)CC1(CN2CCC3(CCN(C)CC3)CC2)CC1. The van der Waals surface area contributed by atoms with Gasteiger partial charge in [-0.15, -0.1) is 0 Å². The van der Waals surface area contributed by atoms with Crippen LogP contribution in [0.3, 0.4) is 0 Å². The lowest BCUT2D eigenvalue weighted by molar-refractivity contribution is 0.0334. The molecule has 2 saturated heterocycles. The summed E-state index contributed by atoms with van der Waals surface area (Å²) in [7, 11) is 2.29. The Kier molecular flexibility index (Phi) is 5.19. The molecule has 2 heteroatoms. The van der Waals surface area contributed by atoms with Crippen molar-refractivity contribution in [3.63, 3.8) is 0 Å². The van der Waals surface area contributed by atoms with E-state index >= 15 is 0 Å². The van der Waals surface area contributed by atoms with Gasteiger partial charge in [-0.25, -0.2) is 0 Å². The zero-order valence-electron chi connectivity index (χ0n) is 15.4. The van der Waals surface area contributed by atoms with Crippen LogP contribution in [-0.2, 0) is 0 Å². The molecule has 3 aliphatic rings. The molecule has 0 radical (unpaired) electrons. The van der Waals surface area contributed by atoms with Gasteiger partial charge < -0.3 is 9.80 Å². The fourth-order valence-electron chi connectivity index (χ4n) is 5.05. The summed E-state index contributed by atoms with van der Waals surface area (Å²) in [5, 5.41) is 0. The fourth-order valence-corrected chi connectivity index (χ4v) is 5.05. The lowest BCUT2D eigenvalue weighted by Gasteiger charge is -2.47. The maximum atomic E-state index is 2.83. The van der Waals surface area contributed by atoms with E-state index in [2.05, 4.69) is 30.7 Å². The predicted molar refractivity (Wildman–Crippen MR) is 95.2 cm³/mol. The highest BCUT2D eigenvalue weighted by molar-refractivity contribution is 4.98. The number of nitrogens with zero attached hydrogens (tertiary/aromatic N) is 2. The molecule has 0 N–H and O–H groups in total. The Bertz CT molecular complexity index is 339. The Morgan fingerprint density at radius 2 is 1.36 bits per heavy atom. The summed E-state index contributed by atoms with van der Waals surface area (Å²) >= 11 is 0. The van der Waals surface area contributed by atoms with E-state index in [0.717, 1.165) is 16.7 Å². The number of hydrogen-bond acceptors (Lipinski definition) is 2. The monoisotopic (exact) mass is 306 g/mol. The average molecular weight is 307 g/mol. The van der Waals surface area contributed by atoms with Crippen LogP contribution in [0.25, 0.3) is 0 Å². The van der Waals surface area contributed by atoms with Crippen molar-refractivity contribution < 1.29 is 0 Å². The third-order valence-corrected chi connectivity index (χ3v) is 7.36. The van der Waals surface area contributed by atoms with Crippen LogP contribution in [-0.4, -0.2) is 49.6 Å². The summed E-state index contributed by atoms with van der Waals surface area (Å²) < 4.78 is 0. The first-order valence-corrected chi connectivity index (χ1v) is 10.00. The molecule has 0 bridgehead atoms. The van der Waals surface area contributed by atoms with Crippen LogP contribution in [0.15, 0.2) is 0 Å². The minimum absolute atomic E-state index is 0.717. The molecule has 2 heterocycles. The molecule has 128 valence electrons. The van der Waals surface area contributed by atoms with Gasteiger partial charge in [-0.05, 0) is 94.9 Å². The predicted octanol–water partition coefficient (Wildman–Crippen LogP) is 4.40. The quantitative estimate of drug-likeness (QED) is 0.717. The second-order valence-electron chi connectivity index (χ2n) is 8.97. The first kappa shape index (κ1) is 16.8. The Labute approximate surface area is 138 Å². The second kappa shape index (κ2) is 6.81. The van der Waals surface area contributed by atoms with Crippen molar-refractivity contribution in [1.29, 1.82) is 0 Å². The Hall–Kier alpha value is -0.0800. The number of hydrogen-bond donors (Lipinski definition) is 0. The Morgan fingerprint density at radius 3 is 1.86 bits per heavy atom. The standard InChI is InChI=1S/C20H38N2/c1-4-18(5-2)16-20(6-7-20)17-22-14-10-19(11-15-22)8-12-21(3)13-9-19/h18H,4-17H2,1-3H3. The van der Waals surface area contributed by atoms with E-state index in [1.807, 2.05) is 0 Å². The van der Waals surface area contributed by atoms with Crippen LogP contribution in [0.1, 0.15) is 71.6 Å². The van der Waals surface area contributed by atoms with Crippen molar-refractivity contribution >= 4 is 0 Å². The van der Waals surface area contributed by atoms with Gasteiger partial charge in [-0.1, -0.05) is 26.7 Å². The third-order valence-electron chi connectivity index (χ3n) is 7.36. The van der Waals surface area contributed by atoms with Gasteiger partial charge in [0, 0.05) is 6.54 Å². The molecule has 3 fully saturated rings. The van der Waals surface area contributed by atoms with E-state index in [1.165, 1.54) is 90.5 Å². The summed E-state index contributed by atoms with van der Waals surface area (Å²) in [6.45, 7) is 11.6. The highest BCUT2D eigenvalue weighted by atomic mass is 15.2. The Morgan fingerprint density at radius 1 is 0.818 bits per heavy atom. The highest BCUT2D eigenvalue weighted by Gasteiger charge is 2.46. The first-order chi connectivity index (χ1) is 10.6. The normalized spacial score (nSPS) is 28.4. The van der Waals surface area contributed by atoms with Gasteiger partial charge in [0.2, 0.25) is 0 Å². The molecule has 3 rings (SSSR count). The molecule has 1 aliphatic carbocycles. The summed E-state index contributed by atoms with van der Waals surface area (Å²) in [5.74, 6) is 0.979. The van der Waals surface area contributed by atoms with E-state index in [4.69, 9.17) is 0 Å². The molecule has 0 unspecified atom stereocenters. The molecular formula is C20H38N2. The lowest BCUT2D eigenvalue weighted by Crippen LogP contribution is -2.47. The van der Waals surface area contributed by atoms with Gasteiger partial charge in [0.05, 0.1) is 0 Å². The summed E-state index contributed by atoms with van der Waals surface area (Å²) in [5.41, 5.74) is 1.45. The van der Waals surface area contributed by atoms with Crippen LogP contribution in [0.5, 0.6) is 0 Å². The lowest BCUT2D eigenvalue weighted by atomic mass is 9.71. The van der Waals surface area contributed by atoms with Gasteiger partial charge in [-0.2, -0.15) is 0 Å². The maximum absolute atomic E-state index is 2.83. The van der Waals surface area contributed by atoms with Crippen molar-refractivity contribution in [3.8, 4) is 0 Å². The molecule has 0 amide bonds. The highest BCUT2D eigenvalue weighted by Crippen LogP contribution is 2.53. The first-order valence-electron chi connectivity index (χ1n) is 10.00.